The van der Waals surface area contributed by atoms with Crippen LogP contribution in [0.1, 0.15) is 41.3 Å². The van der Waals surface area contributed by atoms with Crippen molar-refractivity contribution in [3.05, 3.63) is 111 Å². The first-order valence-corrected chi connectivity index (χ1v) is 9.64. The normalized spacial score (nSPS) is 21.2. The van der Waals surface area contributed by atoms with Gasteiger partial charge in [0.15, 0.2) is 0 Å². The molecule has 0 saturated carbocycles. The minimum atomic E-state index is -0.384. The van der Waals surface area contributed by atoms with Gasteiger partial charge < -0.3 is 4.74 Å². The van der Waals surface area contributed by atoms with Crippen LogP contribution in [0.15, 0.2) is 83.9 Å². The number of ether oxygens (including phenoxy) is 1. The Morgan fingerprint density at radius 1 is 0.897 bits per heavy atom. The number of nitrogens with zero attached hydrogens (tertiary/aromatic N) is 2. The van der Waals surface area contributed by atoms with E-state index < -0.39 is 0 Å². The largest absolute Gasteiger partial charge is 0.469 e. The maximum absolute atomic E-state index is 11.0. The van der Waals surface area contributed by atoms with E-state index in [2.05, 4.69) is 19.1 Å². The number of rotatable bonds is 4. The first-order valence-electron chi connectivity index (χ1n) is 9.64. The van der Waals surface area contributed by atoms with Gasteiger partial charge in [0.25, 0.3) is 5.69 Å². The summed E-state index contributed by atoms with van der Waals surface area (Å²) in [7, 11) is 0. The van der Waals surface area contributed by atoms with Gasteiger partial charge in [0, 0.05) is 23.6 Å². The quantitative estimate of drug-likeness (QED) is 0.420. The maximum Gasteiger partial charge on any atom is 0.269 e. The molecule has 0 N–H and O–H groups in total. The summed E-state index contributed by atoms with van der Waals surface area (Å²) in [6, 6.07) is 24.7. The molecule has 0 aromatic heterocycles. The lowest BCUT2D eigenvalue weighted by Crippen LogP contribution is -2.28. The van der Waals surface area contributed by atoms with Crippen LogP contribution in [-0.2, 0) is 4.74 Å². The Kier molecular flexibility index (Phi) is 5.12. The molecule has 0 fully saturated rings. The van der Waals surface area contributed by atoms with Crippen molar-refractivity contribution in [3.63, 3.8) is 0 Å². The summed E-state index contributed by atoms with van der Waals surface area (Å²) >= 11 is 0. The summed E-state index contributed by atoms with van der Waals surface area (Å²) in [4.78, 5) is 15.5. The Labute approximate surface area is 169 Å². The second-order valence-electron chi connectivity index (χ2n) is 7.40. The summed E-state index contributed by atoms with van der Waals surface area (Å²) in [6.07, 6.45) is -0.162. The van der Waals surface area contributed by atoms with Crippen molar-refractivity contribution in [2.45, 2.75) is 26.0 Å². The summed E-state index contributed by atoms with van der Waals surface area (Å²) in [5, 5.41) is 11.0. The van der Waals surface area contributed by atoms with Crippen LogP contribution >= 0.6 is 0 Å². The maximum atomic E-state index is 11.0. The molecule has 3 atom stereocenters. The molecule has 4 rings (SSSR count). The van der Waals surface area contributed by atoms with Gasteiger partial charge in [0.05, 0.1) is 11.0 Å². The molecule has 0 saturated heterocycles. The van der Waals surface area contributed by atoms with Crippen LogP contribution in [0.3, 0.4) is 0 Å². The van der Waals surface area contributed by atoms with E-state index in [0.29, 0.717) is 5.90 Å². The van der Waals surface area contributed by atoms with E-state index in [9.17, 15) is 10.1 Å². The predicted octanol–water partition coefficient (Wildman–Crippen LogP) is 5.80. The van der Waals surface area contributed by atoms with Gasteiger partial charge in [-0.2, -0.15) is 0 Å². The zero-order valence-corrected chi connectivity index (χ0v) is 16.4. The van der Waals surface area contributed by atoms with Gasteiger partial charge in [0.2, 0.25) is 5.90 Å². The highest BCUT2D eigenvalue weighted by molar-refractivity contribution is 5.95. The van der Waals surface area contributed by atoms with E-state index in [4.69, 9.17) is 9.73 Å². The molecule has 1 aliphatic rings. The molecular weight excluding hydrogens is 364 g/mol. The number of aliphatic imine (C=N–C) groups is 1. The molecule has 3 aromatic rings. The number of nitro benzene ring substituents is 1. The van der Waals surface area contributed by atoms with Crippen LogP contribution in [-0.4, -0.2) is 10.8 Å². The molecule has 3 aromatic carbocycles. The lowest BCUT2D eigenvalue weighted by Gasteiger charge is -2.35. The molecule has 0 spiro atoms. The van der Waals surface area contributed by atoms with Crippen LogP contribution in [0.4, 0.5) is 5.69 Å². The standard InChI is InChI=1S/C24H22N2O3/c1-16-8-10-20(11-9-16)24-25-22(18-12-14-21(15-13-18)26(27)28)17(2)23(29-24)19-6-4-3-5-7-19/h3-15,17,22-23H,1-2H3/t17-,22+,23+/m0/s1. The minimum Gasteiger partial charge on any atom is -0.469 e. The zero-order chi connectivity index (χ0) is 20.4. The first kappa shape index (κ1) is 18.9. The fourth-order valence-corrected chi connectivity index (χ4v) is 3.69. The lowest BCUT2D eigenvalue weighted by molar-refractivity contribution is -0.384. The predicted molar refractivity (Wildman–Crippen MR) is 113 cm³/mol. The van der Waals surface area contributed by atoms with E-state index in [1.165, 1.54) is 17.7 Å². The molecule has 0 unspecified atom stereocenters. The highest BCUT2D eigenvalue weighted by Crippen LogP contribution is 2.42. The van der Waals surface area contributed by atoms with Crippen LogP contribution in [0, 0.1) is 23.0 Å². The van der Waals surface area contributed by atoms with Crippen molar-refractivity contribution < 1.29 is 9.66 Å². The molecule has 5 heteroatoms. The minimum absolute atomic E-state index is 0.0630. The molecule has 146 valence electrons. The van der Waals surface area contributed by atoms with Crippen LogP contribution < -0.4 is 0 Å². The molecule has 0 amide bonds. The number of aryl methyl sites for hydroxylation is 1. The third-order valence-corrected chi connectivity index (χ3v) is 5.34. The number of benzene rings is 3. The van der Waals surface area contributed by atoms with Crippen LogP contribution in [0.25, 0.3) is 0 Å². The summed E-state index contributed by atoms with van der Waals surface area (Å²) in [5.74, 6) is 0.661. The Bertz CT molecular complexity index is 1030. The lowest BCUT2D eigenvalue weighted by atomic mass is 9.85. The highest BCUT2D eigenvalue weighted by Gasteiger charge is 2.35. The molecular formula is C24H22N2O3. The summed E-state index contributed by atoms with van der Waals surface area (Å²) < 4.78 is 6.37. The monoisotopic (exact) mass is 386 g/mol. The van der Waals surface area contributed by atoms with Crippen molar-refractivity contribution in [1.82, 2.24) is 0 Å². The number of nitro groups is 1. The Morgan fingerprint density at radius 3 is 2.17 bits per heavy atom. The fraction of sp³-hybridized carbons (Fsp3) is 0.208. The van der Waals surface area contributed by atoms with Crippen molar-refractivity contribution in [3.8, 4) is 0 Å². The molecule has 0 radical (unpaired) electrons. The topological polar surface area (TPSA) is 64.7 Å². The van der Waals surface area contributed by atoms with Gasteiger partial charge in [-0.05, 0) is 30.2 Å². The summed E-state index contributed by atoms with van der Waals surface area (Å²) in [6.45, 7) is 4.15. The van der Waals surface area contributed by atoms with Crippen molar-refractivity contribution >= 4 is 11.6 Å². The highest BCUT2D eigenvalue weighted by atomic mass is 16.6. The van der Waals surface area contributed by atoms with E-state index in [1.54, 1.807) is 12.1 Å². The average Bonchev–Trinajstić information content (AvgIpc) is 2.75. The van der Waals surface area contributed by atoms with Gasteiger partial charge in [-0.15, -0.1) is 0 Å². The smallest absolute Gasteiger partial charge is 0.269 e. The van der Waals surface area contributed by atoms with Crippen molar-refractivity contribution in [2.24, 2.45) is 10.9 Å². The number of hydrogen-bond donors (Lipinski definition) is 0. The second kappa shape index (κ2) is 7.87. The van der Waals surface area contributed by atoms with Gasteiger partial charge in [-0.25, -0.2) is 4.99 Å². The first-order chi connectivity index (χ1) is 14.0. The number of non-ortho nitro benzene ring substituents is 1. The summed E-state index contributed by atoms with van der Waals surface area (Å²) in [5.41, 5.74) is 4.21. The van der Waals surface area contributed by atoms with E-state index in [0.717, 1.165) is 16.7 Å². The average molecular weight is 386 g/mol. The molecule has 5 nitrogen and oxygen atoms in total. The Morgan fingerprint density at radius 2 is 1.55 bits per heavy atom. The Balaban J connectivity index is 1.77. The van der Waals surface area contributed by atoms with Gasteiger partial charge in [0.1, 0.15) is 6.10 Å². The van der Waals surface area contributed by atoms with Crippen LogP contribution in [0.2, 0.25) is 0 Å². The SMILES string of the molecule is Cc1ccc(C2=N[C@@H](c3ccc([N+](=O)[O-])cc3)[C@H](C)[C@H](c3ccccc3)O2)cc1. The second-order valence-corrected chi connectivity index (χ2v) is 7.40. The van der Waals surface area contributed by atoms with Crippen molar-refractivity contribution in [1.29, 1.82) is 0 Å². The van der Waals surface area contributed by atoms with Gasteiger partial charge in [-0.3, -0.25) is 10.1 Å². The van der Waals surface area contributed by atoms with E-state index >= 15 is 0 Å². The molecule has 1 heterocycles. The molecule has 29 heavy (non-hydrogen) atoms. The molecule has 0 aliphatic carbocycles. The number of hydrogen-bond acceptors (Lipinski definition) is 4. The van der Waals surface area contributed by atoms with Crippen molar-refractivity contribution in [2.75, 3.05) is 0 Å². The third kappa shape index (κ3) is 3.90. The van der Waals surface area contributed by atoms with Crippen LogP contribution in [0.5, 0.6) is 0 Å². The Hall–Kier alpha value is -3.47. The van der Waals surface area contributed by atoms with Gasteiger partial charge in [-0.1, -0.05) is 67.1 Å². The van der Waals surface area contributed by atoms with Gasteiger partial charge >= 0.3 is 0 Å². The van der Waals surface area contributed by atoms with E-state index in [1.807, 2.05) is 49.4 Å². The third-order valence-electron chi connectivity index (χ3n) is 5.34. The molecule has 0 bridgehead atoms. The molecule has 1 aliphatic heterocycles. The zero-order valence-electron chi connectivity index (χ0n) is 16.4. The van der Waals surface area contributed by atoms with E-state index in [-0.39, 0.29) is 28.7 Å². The fourth-order valence-electron chi connectivity index (χ4n) is 3.69.